The van der Waals surface area contributed by atoms with E-state index >= 15 is 0 Å². The summed E-state index contributed by atoms with van der Waals surface area (Å²) in [4.78, 5) is 19.4. The van der Waals surface area contributed by atoms with Crippen molar-refractivity contribution in [2.45, 2.75) is 32.7 Å². The van der Waals surface area contributed by atoms with Gasteiger partial charge in [-0.15, -0.1) is 0 Å². The molecule has 0 radical (unpaired) electrons. The van der Waals surface area contributed by atoms with Gasteiger partial charge in [-0.05, 0) is 62.1 Å². The summed E-state index contributed by atoms with van der Waals surface area (Å²) in [6, 6.07) is 12.9. The zero-order valence-electron chi connectivity index (χ0n) is 18.8. The predicted octanol–water partition coefficient (Wildman–Crippen LogP) is 4.45. The maximum absolute atomic E-state index is 13.9. The summed E-state index contributed by atoms with van der Waals surface area (Å²) in [5.74, 6) is -0.266. The quantitative estimate of drug-likeness (QED) is 0.445. The number of aromatic nitrogens is 3. The number of aryl methyl sites for hydroxylation is 2. The van der Waals surface area contributed by atoms with E-state index in [4.69, 9.17) is 0 Å². The molecule has 6 nitrogen and oxygen atoms in total. The molecule has 1 unspecified atom stereocenters. The molecular weight excluding hydrogens is 417 g/mol. The van der Waals surface area contributed by atoms with Gasteiger partial charge in [0.15, 0.2) is 0 Å². The van der Waals surface area contributed by atoms with Crippen LogP contribution in [0.2, 0.25) is 0 Å². The van der Waals surface area contributed by atoms with E-state index in [1.54, 1.807) is 12.3 Å². The molecule has 5 rings (SSSR count). The lowest BCUT2D eigenvalue weighted by molar-refractivity contribution is -0.125. The van der Waals surface area contributed by atoms with E-state index in [0.29, 0.717) is 13.1 Å². The Kier molecular flexibility index (Phi) is 5.94. The molecule has 4 aromatic rings. The molecule has 33 heavy (non-hydrogen) atoms. The van der Waals surface area contributed by atoms with Gasteiger partial charge >= 0.3 is 0 Å². The smallest absolute Gasteiger partial charge is 0.224 e. The van der Waals surface area contributed by atoms with Gasteiger partial charge in [0.1, 0.15) is 5.82 Å². The number of benzene rings is 2. The predicted molar refractivity (Wildman–Crippen MR) is 129 cm³/mol. The molecule has 2 aromatic carbocycles. The van der Waals surface area contributed by atoms with E-state index in [9.17, 15) is 9.18 Å². The topological polar surface area (TPSA) is 63.1 Å². The van der Waals surface area contributed by atoms with Crippen LogP contribution in [-0.2, 0) is 11.3 Å². The van der Waals surface area contributed by atoms with Crippen LogP contribution in [0.4, 0.5) is 10.1 Å². The van der Waals surface area contributed by atoms with Gasteiger partial charge < -0.3 is 10.2 Å². The normalized spacial score (nSPS) is 16.4. The van der Waals surface area contributed by atoms with Crippen molar-refractivity contribution >= 4 is 33.4 Å². The van der Waals surface area contributed by atoms with Crippen molar-refractivity contribution in [3.8, 4) is 0 Å². The molecule has 2 aromatic heterocycles. The number of amides is 1. The van der Waals surface area contributed by atoms with E-state index < -0.39 is 0 Å². The fraction of sp³-hybridized carbons (Fsp3) is 0.346. The molecule has 1 atom stereocenters. The maximum atomic E-state index is 13.9. The van der Waals surface area contributed by atoms with Crippen molar-refractivity contribution < 1.29 is 9.18 Å². The summed E-state index contributed by atoms with van der Waals surface area (Å²) in [7, 11) is 0. The summed E-state index contributed by atoms with van der Waals surface area (Å²) in [5.41, 5.74) is 4.05. The number of nitrogens with one attached hydrogen (secondary N) is 1. The molecule has 170 valence electrons. The van der Waals surface area contributed by atoms with Crippen LogP contribution in [0.5, 0.6) is 0 Å². The molecule has 7 heteroatoms. The maximum Gasteiger partial charge on any atom is 0.224 e. The highest BCUT2D eigenvalue weighted by Gasteiger charge is 2.26. The Morgan fingerprint density at radius 1 is 1.21 bits per heavy atom. The standard InChI is InChI=1S/C26H28FN5O/c1-18-5-6-19-16-30-32(25(19)14-18)13-3-10-29-26(33)20-4-2-12-31(17-20)24-9-11-28-23-8-7-21(27)15-22(23)24/h5-9,11,14-16,20H,2-4,10,12-13,17H2,1H3,(H,29,33). The molecule has 0 saturated carbocycles. The molecule has 1 amide bonds. The van der Waals surface area contributed by atoms with Crippen molar-refractivity contribution in [3.63, 3.8) is 0 Å². The molecule has 0 aliphatic carbocycles. The van der Waals surface area contributed by atoms with Crippen molar-refractivity contribution in [2.24, 2.45) is 5.92 Å². The Morgan fingerprint density at radius 2 is 2.12 bits per heavy atom. The first kappa shape index (κ1) is 21.4. The van der Waals surface area contributed by atoms with Crippen LogP contribution in [0, 0.1) is 18.7 Å². The first-order chi connectivity index (χ1) is 16.1. The van der Waals surface area contributed by atoms with Crippen LogP contribution >= 0.6 is 0 Å². The molecule has 0 bridgehead atoms. The average molecular weight is 446 g/mol. The summed E-state index contributed by atoms with van der Waals surface area (Å²) >= 11 is 0. The first-order valence-electron chi connectivity index (χ1n) is 11.6. The lowest BCUT2D eigenvalue weighted by Gasteiger charge is -2.34. The van der Waals surface area contributed by atoms with Gasteiger partial charge in [0.05, 0.1) is 23.1 Å². The van der Waals surface area contributed by atoms with Gasteiger partial charge in [0.2, 0.25) is 5.91 Å². The molecule has 1 aliphatic rings. The summed E-state index contributed by atoms with van der Waals surface area (Å²) in [6.07, 6.45) is 6.25. The second-order valence-electron chi connectivity index (χ2n) is 8.85. The van der Waals surface area contributed by atoms with E-state index in [1.165, 1.54) is 17.7 Å². The first-order valence-corrected chi connectivity index (χ1v) is 11.6. The number of piperidine rings is 1. The van der Waals surface area contributed by atoms with Crippen molar-refractivity contribution in [2.75, 3.05) is 24.5 Å². The Bertz CT molecular complexity index is 1300. The highest BCUT2D eigenvalue weighted by molar-refractivity contribution is 5.92. The van der Waals surface area contributed by atoms with Crippen molar-refractivity contribution in [1.29, 1.82) is 0 Å². The largest absolute Gasteiger partial charge is 0.370 e. The van der Waals surface area contributed by atoms with Gasteiger partial charge in [-0.1, -0.05) is 12.1 Å². The minimum absolute atomic E-state index is 0.0799. The lowest BCUT2D eigenvalue weighted by Crippen LogP contribution is -2.43. The van der Waals surface area contributed by atoms with E-state index in [0.717, 1.165) is 59.8 Å². The number of anilines is 1. The highest BCUT2D eigenvalue weighted by atomic mass is 19.1. The monoisotopic (exact) mass is 445 g/mol. The number of fused-ring (bicyclic) bond motifs is 2. The van der Waals surface area contributed by atoms with Gasteiger partial charge in [0.25, 0.3) is 0 Å². The Morgan fingerprint density at radius 3 is 3.03 bits per heavy atom. The van der Waals surface area contributed by atoms with Crippen molar-refractivity contribution in [3.05, 3.63) is 66.2 Å². The number of carbonyl (C=O) groups excluding carboxylic acids is 1. The number of pyridine rings is 1. The molecule has 1 saturated heterocycles. The summed E-state index contributed by atoms with van der Waals surface area (Å²) in [5, 5.41) is 9.52. The van der Waals surface area contributed by atoms with Gasteiger partial charge in [-0.2, -0.15) is 5.10 Å². The van der Waals surface area contributed by atoms with E-state index in [2.05, 4.69) is 45.4 Å². The second kappa shape index (κ2) is 9.17. The molecule has 0 spiro atoms. The Hall–Kier alpha value is -3.48. The van der Waals surface area contributed by atoms with Crippen LogP contribution in [-0.4, -0.2) is 40.3 Å². The number of hydrogen-bond acceptors (Lipinski definition) is 4. The molecule has 1 fully saturated rings. The van der Waals surface area contributed by atoms with Crippen LogP contribution in [0.3, 0.4) is 0 Å². The third kappa shape index (κ3) is 4.53. The molecular formula is C26H28FN5O. The second-order valence-corrected chi connectivity index (χ2v) is 8.85. The fourth-order valence-electron chi connectivity index (χ4n) is 4.73. The average Bonchev–Trinajstić information content (AvgIpc) is 3.23. The number of halogens is 1. The lowest BCUT2D eigenvalue weighted by atomic mass is 9.96. The molecule has 3 heterocycles. The zero-order chi connectivity index (χ0) is 22.8. The zero-order valence-corrected chi connectivity index (χ0v) is 18.8. The van der Waals surface area contributed by atoms with E-state index in [1.807, 2.05) is 16.9 Å². The van der Waals surface area contributed by atoms with Crippen LogP contribution in [0.15, 0.2) is 54.9 Å². The van der Waals surface area contributed by atoms with Crippen molar-refractivity contribution in [1.82, 2.24) is 20.1 Å². The third-order valence-electron chi connectivity index (χ3n) is 6.46. The summed E-state index contributed by atoms with van der Waals surface area (Å²) < 4.78 is 15.9. The van der Waals surface area contributed by atoms with Crippen LogP contribution in [0.25, 0.3) is 21.8 Å². The van der Waals surface area contributed by atoms with Crippen LogP contribution < -0.4 is 10.2 Å². The Balaban J connectivity index is 1.18. The summed E-state index contributed by atoms with van der Waals surface area (Å²) in [6.45, 7) is 4.94. The number of rotatable bonds is 6. The SMILES string of the molecule is Cc1ccc2cnn(CCCNC(=O)C3CCCN(c4ccnc5ccc(F)cc45)C3)c2c1. The fourth-order valence-corrected chi connectivity index (χ4v) is 4.73. The molecule has 1 aliphatic heterocycles. The van der Waals surface area contributed by atoms with Gasteiger partial charge in [0, 0.05) is 48.8 Å². The minimum Gasteiger partial charge on any atom is -0.370 e. The number of nitrogens with zero attached hydrogens (tertiary/aromatic N) is 4. The number of hydrogen-bond donors (Lipinski definition) is 1. The Labute approximate surface area is 192 Å². The molecule has 1 N–H and O–H groups in total. The van der Waals surface area contributed by atoms with Gasteiger partial charge in [-0.3, -0.25) is 14.5 Å². The van der Waals surface area contributed by atoms with E-state index in [-0.39, 0.29) is 17.6 Å². The van der Waals surface area contributed by atoms with Crippen LogP contribution in [0.1, 0.15) is 24.8 Å². The number of carbonyl (C=O) groups is 1. The highest BCUT2D eigenvalue weighted by Crippen LogP contribution is 2.30. The van der Waals surface area contributed by atoms with Gasteiger partial charge in [-0.25, -0.2) is 4.39 Å². The minimum atomic E-state index is -0.275. The third-order valence-corrected chi connectivity index (χ3v) is 6.46.